The second kappa shape index (κ2) is 3.39. The van der Waals surface area contributed by atoms with Crippen molar-refractivity contribution in [3.05, 3.63) is 35.9 Å². The second-order valence-corrected chi connectivity index (χ2v) is 2.37. The van der Waals surface area contributed by atoms with E-state index >= 15 is 0 Å². The van der Waals surface area contributed by atoms with Gasteiger partial charge in [-0.1, -0.05) is 11.6 Å². The third kappa shape index (κ3) is 1.71. The topological polar surface area (TPSA) is 29.5 Å². The number of ether oxygens (including phenoxy) is 1. The molecule has 0 aliphatic carbocycles. The molecule has 1 aromatic carbocycles. The van der Waals surface area contributed by atoms with Crippen LogP contribution in [-0.4, -0.2) is 12.2 Å². The molecule has 0 amide bonds. The zero-order chi connectivity index (χ0) is 8.27. The lowest BCUT2D eigenvalue weighted by molar-refractivity contribution is 0.384. The van der Waals surface area contributed by atoms with E-state index in [9.17, 15) is 0 Å². The van der Waals surface area contributed by atoms with Gasteiger partial charge in [-0.3, -0.25) is 0 Å². The first-order valence-electron chi connectivity index (χ1n) is 3.40. The van der Waals surface area contributed by atoms with Crippen molar-refractivity contribution in [2.75, 3.05) is 7.11 Å². The Morgan fingerprint density at radius 2 is 2.18 bits per heavy atom. The molecule has 0 bridgehead atoms. The smallest absolute Gasteiger partial charge is 0.124 e. The summed E-state index contributed by atoms with van der Waals surface area (Å²) in [5.41, 5.74) is 1.82. The van der Waals surface area contributed by atoms with Crippen molar-refractivity contribution < 1.29 is 9.84 Å². The number of hydrogen-bond acceptors (Lipinski definition) is 2. The molecule has 0 saturated carbocycles. The van der Waals surface area contributed by atoms with Crippen molar-refractivity contribution in [3.63, 3.8) is 0 Å². The van der Waals surface area contributed by atoms with E-state index in [2.05, 4.69) is 0 Å². The minimum Gasteiger partial charge on any atom is -0.496 e. The molecule has 0 unspecified atom stereocenters. The first kappa shape index (κ1) is 8.08. The lowest BCUT2D eigenvalue weighted by Gasteiger charge is -2.05. The second-order valence-electron chi connectivity index (χ2n) is 2.37. The van der Waals surface area contributed by atoms with Gasteiger partial charge in [0, 0.05) is 5.56 Å². The minimum atomic E-state index is 0.693. The Morgan fingerprint density at radius 3 is 2.73 bits per heavy atom. The maximum absolute atomic E-state index is 8.77. The van der Waals surface area contributed by atoms with E-state index in [-0.39, 0.29) is 0 Å². The van der Waals surface area contributed by atoms with Gasteiger partial charge in [-0.2, -0.15) is 0 Å². The molecule has 1 radical (unpaired) electrons. The van der Waals surface area contributed by atoms with Crippen LogP contribution in [0.2, 0.25) is 0 Å². The highest BCUT2D eigenvalue weighted by molar-refractivity contribution is 5.39. The first-order valence-corrected chi connectivity index (χ1v) is 3.40. The van der Waals surface area contributed by atoms with Crippen LogP contribution in [-0.2, 0) is 0 Å². The maximum Gasteiger partial charge on any atom is 0.124 e. The summed E-state index contributed by atoms with van der Waals surface area (Å²) >= 11 is 0. The van der Waals surface area contributed by atoms with Gasteiger partial charge in [0.25, 0.3) is 0 Å². The number of aliphatic hydroxyl groups is 1. The quantitative estimate of drug-likeness (QED) is 0.699. The van der Waals surface area contributed by atoms with Crippen LogP contribution in [0.25, 0.3) is 0 Å². The van der Waals surface area contributed by atoms with Crippen molar-refractivity contribution in [3.8, 4) is 5.75 Å². The van der Waals surface area contributed by atoms with E-state index < -0.39 is 0 Å². The molecule has 0 heterocycles. The molecular formula is C9H11O2. The van der Waals surface area contributed by atoms with E-state index in [4.69, 9.17) is 9.84 Å². The Hall–Kier alpha value is -1.02. The van der Waals surface area contributed by atoms with Crippen molar-refractivity contribution in [2.24, 2.45) is 0 Å². The maximum atomic E-state index is 8.77. The highest BCUT2D eigenvalue weighted by Crippen LogP contribution is 2.19. The summed E-state index contributed by atoms with van der Waals surface area (Å²) < 4.78 is 5.00. The number of hydrogen-bond donors (Lipinski definition) is 1. The van der Waals surface area contributed by atoms with Crippen molar-refractivity contribution >= 4 is 0 Å². The summed E-state index contributed by atoms with van der Waals surface area (Å²) in [5, 5.41) is 8.77. The number of rotatable bonds is 2. The molecule has 2 nitrogen and oxygen atoms in total. The summed E-state index contributed by atoms with van der Waals surface area (Å²) in [6, 6.07) is 5.63. The largest absolute Gasteiger partial charge is 0.496 e. The molecule has 59 valence electrons. The Bertz CT molecular complexity index is 243. The summed E-state index contributed by atoms with van der Waals surface area (Å²) in [4.78, 5) is 0. The first-order chi connectivity index (χ1) is 5.27. The molecule has 1 rings (SSSR count). The fourth-order valence-electron chi connectivity index (χ4n) is 0.955. The fraction of sp³-hybridized carbons (Fsp3) is 0.222. The average molecular weight is 151 g/mol. The monoisotopic (exact) mass is 151 g/mol. The normalized spacial score (nSPS) is 9.73. The average Bonchev–Trinajstić information content (AvgIpc) is 2.04. The highest BCUT2D eigenvalue weighted by atomic mass is 16.5. The third-order valence-corrected chi connectivity index (χ3v) is 1.52. The minimum absolute atomic E-state index is 0.693. The van der Waals surface area contributed by atoms with Gasteiger partial charge in [-0.25, -0.2) is 0 Å². The SMILES string of the molecule is COc1ccc(C)cc1[CH]O. The number of aliphatic hydroxyl groups excluding tert-OH is 1. The highest BCUT2D eigenvalue weighted by Gasteiger charge is 2.00. The van der Waals surface area contributed by atoms with E-state index in [1.165, 1.54) is 0 Å². The Morgan fingerprint density at radius 1 is 1.45 bits per heavy atom. The van der Waals surface area contributed by atoms with Crippen LogP contribution < -0.4 is 4.74 Å². The summed E-state index contributed by atoms with van der Waals surface area (Å²) in [7, 11) is 1.58. The fourth-order valence-corrected chi connectivity index (χ4v) is 0.955. The van der Waals surface area contributed by atoms with Gasteiger partial charge in [0.2, 0.25) is 0 Å². The Balaban J connectivity index is 3.06. The lowest BCUT2D eigenvalue weighted by Crippen LogP contribution is -1.90. The van der Waals surface area contributed by atoms with Crippen LogP contribution in [0.1, 0.15) is 11.1 Å². The van der Waals surface area contributed by atoms with Gasteiger partial charge < -0.3 is 9.84 Å². The number of aryl methyl sites for hydroxylation is 1. The van der Waals surface area contributed by atoms with Gasteiger partial charge in [-0.15, -0.1) is 0 Å². The zero-order valence-corrected chi connectivity index (χ0v) is 6.66. The zero-order valence-electron chi connectivity index (χ0n) is 6.66. The molecule has 0 saturated heterocycles. The predicted molar refractivity (Wildman–Crippen MR) is 43.1 cm³/mol. The molecule has 0 atom stereocenters. The van der Waals surface area contributed by atoms with E-state index in [0.29, 0.717) is 11.3 Å². The van der Waals surface area contributed by atoms with E-state index in [1.807, 2.05) is 25.1 Å². The summed E-state index contributed by atoms with van der Waals surface area (Å²) in [6.45, 7) is 3.01. The molecule has 0 aliphatic heterocycles. The standard InChI is InChI=1S/C9H11O2/c1-7-3-4-9(11-2)8(5-7)6-10/h3-6,10H,1-2H3. The van der Waals surface area contributed by atoms with Crippen molar-refractivity contribution in [2.45, 2.75) is 6.92 Å². The number of methoxy groups -OCH3 is 1. The van der Waals surface area contributed by atoms with Gasteiger partial charge in [-0.05, 0) is 19.1 Å². The Labute approximate surface area is 66.4 Å². The van der Waals surface area contributed by atoms with Crippen LogP contribution in [0, 0.1) is 13.5 Å². The number of benzene rings is 1. The molecule has 0 fully saturated rings. The van der Waals surface area contributed by atoms with Crippen LogP contribution in [0.4, 0.5) is 0 Å². The lowest BCUT2D eigenvalue weighted by atomic mass is 10.1. The van der Waals surface area contributed by atoms with Gasteiger partial charge in [0.1, 0.15) is 12.4 Å². The van der Waals surface area contributed by atoms with Crippen molar-refractivity contribution in [1.29, 1.82) is 0 Å². The summed E-state index contributed by atoms with van der Waals surface area (Å²) in [5.74, 6) is 0.693. The van der Waals surface area contributed by atoms with E-state index in [0.717, 1.165) is 12.2 Å². The molecule has 0 aliphatic rings. The van der Waals surface area contributed by atoms with Crippen LogP contribution in [0.5, 0.6) is 5.75 Å². The Kier molecular flexibility index (Phi) is 2.49. The van der Waals surface area contributed by atoms with Crippen LogP contribution >= 0.6 is 0 Å². The van der Waals surface area contributed by atoms with Gasteiger partial charge >= 0.3 is 0 Å². The van der Waals surface area contributed by atoms with Gasteiger partial charge in [0.15, 0.2) is 0 Å². The van der Waals surface area contributed by atoms with E-state index in [1.54, 1.807) is 7.11 Å². The van der Waals surface area contributed by atoms with Crippen LogP contribution in [0.15, 0.2) is 18.2 Å². The van der Waals surface area contributed by atoms with Crippen LogP contribution in [0.3, 0.4) is 0 Å². The molecular weight excluding hydrogens is 140 g/mol. The molecule has 1 aromatic rings. The summed E-state index contributed by atoms with van der Waals surface area (Å²) in [6.07, 6.45) is 0. The molecule has 0 aromatic heterocycles. The van der Waals surface area contributed by atoms with Crippen molar-refractivity contribution in [1.82, 2.24) is 0 Å². The molecule has 0 spiro atoms. The third-order valence-electron chi connectivity index (χ3n) is 1.52. The van der Waals surface area contributed by atoms with Gasteiger partial charge in [0.05, 0.1) is 7.11 Å². The molecule has 1 N–H and O–H groups in total. The molecule has 2 heteroatoms. The molecule has 11 heavy (non-hydrogen) atoms. The predicted octanol–water partition coefficient (Wildman–Crippen LogP) is 1.89.